The first-order valence-electron chi connectivity index (χ1n) is 8.86. The van der Waals surface area contributed by atoms with Crippen LogP contribution in [-0.4, -0.2) is 33.8 Å². The summed E-state index contributed by atoms with van der Waals surface area (Å²) in [5, 5.41) is 7.73. The highest BCUT2D eigenvalue weighted by Crippen LogP contribution is 2.24. The Morgan fingerprint density at radius 3 is 2.63 bits per heavy atom. The van der Waals surface area contributed by atoms with Crippen LogP contribution in [0, 0.1) is 0 Å². The number of fused-ring (bicyclic) bond motifs is 1. The number of ether oxygens (including phenoxy) is 2. The SMILES string of the molecule is CN=C(NCCc1cc2ccccc2o1)NCc1ccc(OC)cc1OC. The standard InChI is InChI=1S/C21H25N3O3/c1-22-21(24-14-16-8-9-17(25-2)13-20(16)26-3)23-11-10-18-12-15-6-4-5-7-19(15)27-18/h4-9,12-13H,10-11,14H2,1-3H3,(H2,22,23,24). The Hall–Kier alpha value is -3.15. The van der Waals surface area contributed by atoms with Crippen molar-refractivity contribution in [3.63, 3.8) is 0 Å². The highest BCUT2D eigenvalue weighted by molar-refractivity contribution is 5.80. The van der Waals surface area contributed by atoms with Crippen molar-refractivity contribution in [2.75, 3.05) is 27.8 Å². The summed E-state index contributed by atoms with van der Waals surface area (Å²) < 4.78 is 16.5. The molecule has 3 aromatic rings. The fraction of sp³-hybridized carbons (Fsp3) is 0.286. The highest BCUT2D eigenvalue weighted by atomic mass is 16.5. The number of aliphatic imine (C=N–C) groups is 1. The van der Waals surface area contributed by atoms with Gasteiger partial charge in [-0.25, -0.2) is 0 Å². The Morgan fingerprint density at radius 1 is 1.04 bits per heavy atom. The zero-order chi connectivity index (χ0) is 19.1. The van der Waals surface area contributed by atoms with Crippen LogP contribution in [0.2, 0.25) is 0 Å². The number of hydrogen-bond donors (Lipinski definition) is 2. The number of para-hydroxylation sites is 1. The molecule has 0 fully saturated rings. The first kappa shape index (κ1) is 18.6. The van der Waals surface area contributed by atoms with E-state index in [-0.39, 0.29) is 0 Å². The van der Waals surface area contributed by atoms with Crippen LogP contribution in [0.5, 0.6) is 11.5 Å². The molecule has 0 saturated carbocycles. The van der Waals surface area contributed by atoms with E-state index in [1.165, 1.54) is 0 Å². The van der Waals surface area contributed by atoms with Crippen molar-refractivity contribution in [2.45, 2.75) is 13.0 Å². The maximum absolute atomic E-state index is 5.84. The summed E-state index contributed by atoms with van der Waals surface area (Å²) in [5.41, 5.74) is 1.94. The summed E-state index contributed by atoms with van der Waals surface area (Å²) in [4.78, 5) is 4.26. The molecule has 0 amide bonds. The quantitative estimate of drug-likeness (QED) is 0.495. The van der Waals surface area contributed by atoms with Gasteiger partial charge < -0.3 is 24.5 Å². The van der Waals surface area contributed by atoms with Gasteiger partial charge in [-0.1, -0.05) is 18.2 Å². The van der Waals surface area contributed by atoms with Gasteiger partial charge in [-0.3, -0.25) is 4.99 Å². The monoisotopic (exact) mass is 367 g/mol. The molecular formula is C21H25N3O3. The Bertz CT molecular complexity index is 885. The van der Waals surface area contributed by atoms with E-state index in [0.29, 0.717) is 6.54 Å². The van der Waals surface area contributed by atoms with E-state index in [1.54, 1.807) is 21.3 Å². The normalized spacial score (nSPS) is 11.4. The molecule has 142 valence electrons. The van der Waals surface area contributed by atoms with Crippen LogP contribution in [0.15, 0.2) is 57.9 Å². The van der Waals surface area contributed by atoms with Crippen molar-refractivity contribution in [1.29, 1.82) is 0 Å². The van der Waals surface area contributed by atoms with Crippen LogP contribution in [0.3, 0.4) is 0 Å². The van der Waals surface area contributed by atoms with E-state index in [4.69, 9.17) is 13.9 Å². The topological polar surface area (TPSA) is 68.0 Å². The van der Waals surface area contributed by atoms with Crippen molar-refractivity contribution in [3.8, 4) is 11.5 Å². The third-order valence-electron chi connectivity index (χ3n) is 4.30. The van der Waals surface area contributed by atoms with Gasteiger partial charge in [0.25, 0.3) is 0 Å². The number of nitrogens with one attached hydrogen (secondary N) is 2. The summed E-state index contributed by atoms with van der Waals surface area (Å²) in [7, 11) is 5.04. The molecule has 2 N–H and O–H groups in total. The third kappa shape index (κ3) is 4.73. The molecule has 0 aliphatic heterocycles. The molecule has 3 rings (SSSR count). The maximum atomic E-state index is 5.84. The molecule has 0 atom stereocenters. The number of guanidine groups is 1. The van der Waals surface area contributed by atoms with Crippen LogP contribution in [-0.2, 0) is 13.0 Å². The predicted molar refractivity (Wildman–Crippen MR) is 108 cm³/mol. The number of furan rings is 1. The Morgan fingerprint density at radius 2 is 1.89 bits per heavy atom. The molecule has 0 radical (unpaired) electrons. The van der Waals surface area contributed by atoms with Gasteiger partial charge in [0.05, 0.1) is 14.2 Å². The van der Waals surface area contributed by atoms with Gasteiger partial charge >= 0.3 is 0 Å². The van der Waals surface area contributed by atoms with Crippen LogP contribution in [0.25, 0.3) is 11.0 Å². The van der Waals surface area contributed by atoms with E-state index in [0.717, 1.165) is 52.7 Å². The average Bonchev–Trinajstić information content (AvgIpc) is 3.13. The van der Waals surface area contributed by atoms with Crippen LogP contribution >= 0.6 is 0 Å². The Labute approximate surface area is 159 Å². The van der Waals surface area contributed by atoms with Crippen LogP contribution < -0.4 is 20.1 Å². The fourth-order valence-corrected chi connectivity index (χ4v) is 2.86. The zero-order valence-corrected chi connectivity index (χ0v) is 15.9. The molecule has 27 heavy (non-hydrogen) atoms. The summed E-state index contributed by atoms with van der Waals surface area (Å²) in [5.74, 6) is 3.23. The van der Waals surface area contributed by atoms with E-state index in [1.807, 2.05) is 36.4 Å². The molecule has 1 aromatic heterocycles. The molecular weight excluding hydrogens is 342 g/mol. The Balaban J connectivity index is 1.52. The molecule has 1 heterocycles. The van der Waals surface area contributed by atoms with Crippen molar-refractivity contribution in [3.05, 3.63) is 59.9 Å². The minimum absolute atomic E-state index is 0.595. The lowest BCUT2D eigenvalue weighted by Gasteiger charge is -2.14. The van der Waals surface area contributed by atoms with E-state index in [2.05, 4.69) is 27.8 Å². The number of rotatable bonds is 7. The van der Waals surface area contributed by atoms with Gasteiger partial charge in [-0.15, -0.1) is 0 Å². The minimum Gasteiger partial charge on any atom is -0.497 e. The maximum Gasteiger partial charge on any atom is 0.191 e. The molecule has 2 aromatic carbocycles. The number of hydrogen-bond acceptors (Lipinski definition) is 4. The molecule has 0 aliphatic carbocycles. The number of methoxy groups -OCH3 is 2. The lowest BCUT2D eigenvalue weighted by Crippen LogP contribution is -2.37. The molecule has 0 aliphatic rings. The summed E-state index contributed by atoms with van der Waals surface area (Å²) >= 11 is 0. The smallest absolute Gasteiger partial charge is 0.191 e. The number of nitrogens with zero attached hydrogens (tertiary/aromatic N) is 1. The van der Waals surface area contributed by atoms with Crippen molar-refractivity contribution < 1.29 is 13.9 Å². The fourth-order valence-electron chi connectivity index (χ4n) is 2.86. The molecule has 0 spiro atoms. The second-order valence-corrected chi connectivity index (χ2v) is 6.03. The van der Waals surface area contributed by atoms with Gasteiger partial charge in [0, 0.05) is 43.6 Å². The van der Waals surface area contributed by atoms with Crippen molar-refractivity contribution in [2.24, 2.45) is 4.99 Å². The average molecular weight is 367 g/mol. The highest BCUT2D eigenvalue weighted by Gasteiger charge is 2.07. The molecule has 6 nitrogen and oxygen atoms in total. The van der Waals surface area contributed by atoms with Gasteiger partial charge in [0.15, 0.2) is 5.96 Å². The van der Waals surface area contributed by atoms with Gasteiger partial charge in [-0.2, -0.15) is 0 Å². The Kier molecular flexibility index (Phi) is 6.20. The molecule has 0 unspecified atom stereocenters. The van der Waals surface area contributed by atoms with E-state index in [9.17, 15) is 0 Å². The van der Waals surface area contributed by atoms with E-state index < -0.39 is 0 Å². The predicted octanol–water partition coefficient (Wildman–Crippen LogP) is 3.36. The van der Waals surface area contributed by atoms with Crippen LogP contribution in [0.4, 0.5) is 0 Å². The summed E-state index contributed by atoms with van der Waals surface area (Å²) in [6, 6.07) is 15.9. The second-order valence-electron chi connectivity index (χ2n) is 6.03. The summed E-state index contributed by atoms with van der Waals surface area (Å²) in [6.07, 6.45) is 0.779. The van der Waals surface area contributed by atoms with Gasteiger partial charge in [0.2, 0.25) is 0 Å². The third-order valence-corrected chi connectivity index (χ3v) is 4.30. The number of benzene rings is 2. The minimum atomic E-state index is 0.595. The summed E-state index contributed by atoms with van der Waals surface area (Å²) in [6.45, 7) is 1.32. The first-order valence-corrected chi connectivity index (χ1v) is 8.86. The first-order chi connectivity index (χ1) is 13.2. The van der Waals surface area contributed by atoms with E-state index >= 15 is 0 Å². The molecule has 0 bridgehead atoms. The zero-order valence-electron chi connectivity index (χ0n) is 15.9. The second kappa shape index (κ2) is 8.98. The van der Waals surface area contributed by atoms with Crippen molar-refractivity contribution in [1.82, 2.24) is 10.6 Å². The van der Waals surface area contributed by atoms with Crippen LogP contribution in [0.1, 0.15) is 11.3 Å². The van der Waals surface area contributed by atoms with Gasteiger partial charge in [-0.05, 0) is 24.3 Å². The molecule has 0 saturated heterocycles. The largest absolute Gasteiger partial charge is 0.497 e. The lowest BCUT2D eigenvalue weighted by molar-refractivity contribution is 0.390. The molecule has 6 heteroatoms. The van der Waals surface area contributed by atoms with Crippen molar-refractivity contribution >= 4 is 16.9 Å². The van der Waals surface area contributed by atoms with Gasteiger partial charge in [0.1, 0.15) is 22.8 Å². The lowest BCUT2D eigenvalue weighted by atomic mass is 10.2.